The molecule has 1 aliphatic heterocycles. The third-order valence-corrected chi connectivity index (χ3v) is 5.08. The molecule has 0 amide bonds. The van der Waals surface area contributed by atoms with Gasteiger partial charge in [0.25, 0.3) is 0 Å². The van der Waals surface area contributed by atoms with Crippen LogP contribution in [0.2, 0.25) is 0 Å². The number of hydrogen-bond donors (Lipinski definition) is 2. The van der Waals surface area contributed by atoms with Crippen LogP contribution in [0.4, 0.5) is 0 Å². The van der Waals surface area contributed by atoms with Crippen molar-refractivity contribution in [2.24, 2.45) is 0 Å². The van der Waals surface area contributed by atoms with Crippen LogP contribution in [-0.4, -0.2) is 27.0 Å². The Bertz CT molecular complexity index is 654. The minimum Gasteiger partial charge on any atom is -0.476 e. The van der Waals surface area contributed by atoms with E-state index in [2.05, 4.69) is 38.3 Å². The van der Waals surface area contributed by atoms with Gasteiger partial charge in [0.05, 0.1) is 4.47 Å². The van der Waals surface area contributed by atoms with Crippen molar-refractivity contribution >= 4 is 33.7 Å². The van der Waals surface area contributed by atoms with E-state index in [0.29, 0.717) is 10.2 Å². The minimum atomic E-state index is -1.01. The zero-order valence-electron chi connectivity index (χ0n) is 9.94. The van der Waals surface area contributed by atoms with E-state index in [1.54, 1.807) is 0 Å². The summed E-state index contributed by atoms with van der Waals surface area (Å²) in [5.74, 6) is 0.154. The van der Waals surface area contributed by atoms with Gasteiger partial charge in [0, 0.05) is 10.5 Å². The smallest absolute Gasteiger partial charge is 0.355 e. The minimum absolute atomic E-state index is 0.0853. The van der Waals surface area contributed by atoms with Crippen molar-refractivity contribution in [2.75, 3.05) is 5.75 Å². The van der Waals surface area contributed by atoms with Gasteiger partial charge in [0.15, 0.2) is 5.69 Å². The molecule has 0 saturated carbocycles. The van der Waals surface area contributed by atoms with Gasteiger partial charge in [-0.1, -0.05) is 6.07 Å². The number of H-pyrrole nitrogens is 1. The zero-order chi connectivity index (χ0) is 13.4. The van der Waals surface area contributed by atoms with Crippen LogP contribution in [0.3, 0.4) is 0 Å². The Labute approximate surface area is 122 Å². The molecular weight excluding hydrogens is 328 g/mol. The molecule has 1 aromatic carbocycles. The molecule has 19 heavy (non-hydrogen) atoms. The van der Waals surface area contributed by atoms with Crippen molar-refractivity contribution in [3.63, 3.8) is 0 Å². The molecule has 1 aromatic heterocycles. The Morgan fingerprint density at radius 2 is 2.32 bits per heavy atom. The van der Waals surface area contributed by atoms with Crippen molar-refractivity contribution in [2.45, 2.75) is 17.7 Å². The number of nitrogens with one attached hydrogen (secondary N) is 1. The summed E-state index contributed by atoms with van der Waals surface area (Å²) in [5.41, 5.74) is 3.00. The Morgan fingerprint density at radius 3 is 3.05 bits per heavy atom. The molecule has 0 atom stereocenters. The van der Waals surface area contributed by atoms with E-state index in [4.69, 9.17) is 5.11 Å². The number of carboxylic acid groups (broad SMARTS) is 1. The summed E-state index contributed by atoms with van der Waals surface area (Å²) < 4.78 is 0.503. The molecule has 6 heteroatoms. The molecule has 1 aliphatic rings. The maximum Gasteiger partial charge on any atom is 0.355 e. The lowest BCUT2D eigenvalue weighted by Gasteiger charge is -2.15. The van der Waals surface area contributed by atoms with Crippen LogP contribution < -0.4 is 0 Å². The number of fused-ring (bicyclic) bond motifs is 1. The summed E-state index contributed by atoms with van der Waals surface area (Å²) in [7, 11) is 0. The molecule has 3 rings (SSSR count). The number of hydrogen-bond acceptors (Lipinski definition) is 3. The molecule has 0 saturated heterocycles. The fourth-order valence-corrected chi connectivity index (χ4v) is 3.76. The second kappa shape index (κ2) is 5.02. The van der Waals surface area contributed by atoms with Gasteiger partial charge in [0.1, 0.15) is 5.69 Å². The number of aryl methyl sites for hydroxylation is 1. The SMILES string of the molecule is O=C(O)c1[nH]nc(-c2ccc3c(c2)CCCS3)c1Br. The second-order valence-corrected chi connectivity index (χ2v) is 6.27. The van der Waals surface area contributed by atoms with Gasteiger partial charge >= 0.3 is 5.97 Å². The van der Waals surface area contributed by atoms with E-state index in [0.717, 1.165) is 12.0 Å². The van der Waals surface area contributed by atoms with Gasteiger partial charge in [0.2, 0.25) is 0 Å². The van der Waals surface area contributed by atoms with E-state index in [-0.39, 0.29) is 5.69 Å². The normalized spacial score (nSPS) is 14.2. The topological polar surface area (TPSA) is 66.0 Å². The Kier molecular flexibility index (Phi) is 3.36. The highest BCUT2D eigenvalue weighted by atomic mass is 79.9. The van der Waals surface area contributed by atoms with Crippen LogP contribution in [0.5, 0.6) is 0 Å². The summed E-state index contributed by atoms with van der Waals surface area (Å²) in [6.45, 7) is 0. The summed E-state index contributed by atoms with van der Waals surface area (Å²) in [5, 5.41) is 15.7. The van der Waals surface area contributed by atoms with Gasteiger partial charge in [-0.05, 0) is 52.2 Å². The number of aromatic amines is 1. The highest BCUT2D eigenvalue weighted by Gasteiger charge is 2.19. The summed E-state index contributed by atoms with van der Waals surface area (Å²) in [6.07, 6.45) is 2.26. The Morgan fingerprint density at radius 1 is 1.47 bits per heavy atom. The Balaban J connectivity index is 2.05. The van der Waals surface area contributed by atoms with Crippen LogP contribution in [0.25, 0.3) is 11.3 Å². The third kappa shape index (κ3) is 2.30. The lowest BCUT2D eigenvalue weighted by Crippen LogP contribution is -1.98. The van der Waals surface area contributed by atoms with Crippen molar-refractivity contribution in [1.29, 1.82) is 0 Å². The molecule has 0 spiro atoms. The summed E-state index contributed by atoms with van der Waals surface area (Å²) in [4.78, 5) is 12.3. The number of aromatic nitrogens is 2. The highest BCUT2D eigenvalue weighted by molar-refractivity contribution is 9.10. The lowest BCUT2D eigenvalue weighted by molar-refractivity contribution is 0.0689. The average Bonchev–Trinajstić information content (AvgIpc) is 2.80. The number of carboxylic acids is 1. The molecule has 0 aliphatic carbocycles. The largest absolute Gasteiger partial charge is 0.476 e. The summed E-state index contributed by atoms with van der Waals surface area (Å²) in [6, 6.07) is 6.19. The second-order valence-electron chi connectivity index (χ2n) is 4.34. The van der Waals surface area contributed by atoms with Crippen molar-refractivity contribution in [3.05, 3.63) is 33.9 Å². The fraction of sp³-hybridized carbons (Fsp3) is 0.231. The van der Waals surface area contributed by atoms with E-state index in [1.165, 1.54) is 22.6 Å². The van der Waals surface area contributed by atoms with Crippen molar-refractivity contribution in [3.8, 4) is 11.3 Å². The maximum atomic E-state index is 11.0. The first-order chi connectivity index (χ1) is 9.16. The highest BCUT2D eigenvalue weighted by Crippen LogP contribution is 2.35. The molecule has 0 unspecified atom stereocenters. The van der Waals surface area contributed by atoms with Crippen LogP contribution in [0, 0.1) is 0 Å². The lowest BCUT2D eigenvalue weighted by atomic mass is 10.0. The summed E-state index contributed by atoms with van der Waals surface area (Å²) >= 11 is 5.18. The van der Waals surface area contributed by atoms with Crippen LogP contribution in [0.1, 0.15) is 22.5 Å². The fourth-order valence-electron chi connectivity index (χ4n) is 2.17. The van der Waals surface area contributed by atoms with Gasteiger partial charge in [-0.3, -0.25) is 5.10 Å². The first-order valence-electron chi connectivity index (χ1n) is 5.90. The van der Waals surface area contributed by atoms with Gasteiger partial charge in [-0.2, -0.15) is 5.10 Å². The number of aromatic carboxylic acids is 1. The molecule has 2 heterocycles. The van der Waals surface area contributed by atoms with E-state index >= 15 is 0 Å². The number of rotatable bonds is 2. The van der Waals surface area contributed by atoms with Gasteiger partial charge < -0.3 is 5.11 Å². The van der Waals surface area contributed by atoms with E-state index in [1.807, 2.05) is 17.8 Å². The Hall–Kier alpha value is -1.27. The van der Waals surface area contributed by atoms with E-state index in [9.17, 15) is 4.79 Å². The molecule has 98 valence electrons. The average molecular weight is 339 g/mol. The predicted molar refractivity (Wildman–Crippen MR) is 77.7 cm³/mol. The number of carbonyl (C=O) groups is 1. The van der Waals surface area contributed by atoms with Gasteiger partial charge in [-0.25, -0.2) is 4.79 Å². The maximum absolute atomic E-state index is 11.0. The van der Waals surface area contributed by atoms with Crippen LogP contribution in [0.15, 0.2) is 27.6 Å². The van der Waals surface area contributed by atoms with Gasteiger partial charge in [-0.15, -0.1) is 11.8 Å². The first kappa shape index (κ1) is 12.7. The van der Waals surface area contributed by atoms with Crippen molar-refractivity contribution in [1.82, 2.24) is 10.2 Å². The number of nitrogens with zero attached hydrogens (tertiary/aromatic N) is 1. The number of benzene rings is 1. The van der Waals surface area contributed by atoms with E-state index < -0.39 is 5.97 Å². The van der Waals surface area contributed by atoms with Crippen LogP contribution >= 0.6 is 27.7 Å². The third-order valence-electron chi connectivity index (χ3n) is 3.10. The molecule has 0 radical (unpaired) electrons. The monoisotopic (exact) mass is 338 g/mol. The molecule has 2 aromatic rings. The predicted octanol–water partition coefficient (Wildman–Crippen LogP) is 3.58. The first-order valence-corrected chi connectivity index (χ1v) is 7.68. The molecular formula is C13H11BrN2O2S. The molecule has 0 bridgehead atoms. The molecule has 4 nitrogen and oxygen atoms in total. The molecule has 2 N–H and O–H groups in total. The number of halogens is 1. The zero-order valence-corrected chi connectivity index (χ0v) is 12.3. The number of thioether (sulfide) groups is 1. The van der Waals surface area contributed by atoms with Crippen LogP contribution in [-0.2, 0) is 6.42 Å². The quantitative estimate of drug-likeness (QED) is 0.878. The van der Waals surface area contributed by atoms with Crippen molar-refractivity contribution < 1.29 is 9.90 Å². The standard InChI is InChI=1S/C13H11BrN2O2S/c14-10-11(15-16-12(10)13(17)18)8-3-4-9-7(6-8)2-1-5-19-9/h3-4,6H,1-2,5H2,(H,15,16)(H,17,18). The molecule has 0 fully saturated rings.